The molecule has 1 aliphatic heterocycles. The van der Waals surface area contributed by atoms with Crippen LogP contribution in [0.3, 0.4) is 0 Å². The quantitative estimate of drug-likeness (QED) is 0.560. The monoisotopic (exact) mass is 388 g/mol. The van der Waals surface area contributed by atoms with Gasteiger partial charge >= 0.3 is 0 Å². The highest BCUT2D eigenvalue weighted by Gasteiger charge is 2.36. The summed E-state index contributed by atoms with van der Waals surface area (Å²) < 4.78 is 11.4. The van der Waals surface area contributed by atoms with Gasteiger partial charge in [0.2, 0.25) is 0 Å². The number of hydrogen-bond acceptors (Lipinski definition) is 4. The lowest BCUT2D eigenvalue weighted by molar-refractivity contribution is -0.116. The fraction of sp³-hybridized carbons (Fsp3) is 0.524. The molecule has 1 aliphatic carbocycles. The van der Waals surface area contributed by atoms with Crippen molar-refractivity contribution < 1.29 is 14.3 Å². The number of benzene rings is 1. The molecule has 1 unspecified atom stereocenters. The first-order chi connectivity index (χ1) is 13.1. The van der Waals surface area contributed by atoms with E-state index in [0.717, 1.165) is 54.7 Å². The Balaban J connectivity index is 1.89. The van der Waals surface area contributed by atoms with Crippen molar-refractivity contribution in [1.29, 1.82) is 0 Å². The number of rotatable bonds is 7. The van der Waals surface area contributed by atoms with Gasteiger partial charge < -0.3 is 19.7 Å². The van der Waals surface area contributed by atoms with Crippen molar-refractivity contribution in [2.24, 2.45) is 0 Å². The van der Waals surface area contributed by atoms with Crippen LogP contribution in [0.4, 0.5) is 0 Å². The van der Waals surface area contributed by atoms with Gasteiger partial charge in [-0.25, -0.2) is 0 Å². The molecule has 1 atom stereocenters. The van der Waals surface area contributed by atoms with Gasteiger partial charge in [0, 0.05) is 24.7 Å². The van der Waals surface area contributed by atoms with Crippen LogP contribution in [-0.4, -0.2) is 36.6 Å². The van der Waals surface area contributed by atoms with Gasteiger partial charge in [-0.05, 0) is 49.2 Å². The summed E-state index contributed by atoms with van der Waals surface area (Å²) in [6.45, 7) is 2.85. The summed E-state index contributed by atoms with van der Waals surface area (Å²) >= 11 is 5.49. The van der Waals surface area contributed by atoms with E-state index in [-0.39, 0.29) is 11.8 Å². The van der Waals surface area contributed by atoms with Crippen LogP contribution in [-0.2, 0) is 4.79 Å². The van der Waals surface area contributed by atoms with E-state index in [0.29, 0.717) is 23.9 Å². The number of nitrogens with one attached hydrogen (secondary N) is 1. The lowest BCUT2D eigenvalue weighted by Crippen LogP contribution is -2.47. The number of carbonyl (C=O) groups excluding carboxylic acids is 1. The minimum atomic E-state index is -0.237. The summed E-state index contributed by atoms with van der Waals surface area (Å²) in [7, 11) is 3.56. The lowest BCUT2D eigenvalue weighted by Gasteiger charge is -2.39. The zero-order valence-electron chi connectivity index (χ0n) is 16.3. The second-order valence-corrected chi connectivity index (χ2v) is 7.43. The third-order valence-electron chi connectivity index (χ3n) is 5.22. The van der Waals surface area contributed by atoms with Crippen LogP contribution in [0, 0.1) is 0 Å². The van der Waals surface area contributed by atoms with Gasteiger partial charge in [-0.2, -0.15) is 0 Å². The van der Waals surface area contributed by atoms with Crippen molar-refractivity contribution in [3.63, 3.8) is 0 Å². The lowest BCUT2D eigenvalue weighted by atomic mass is 9.85. The Labute approximate surface area is 166 Å². The third-order valence-corrected chi connectivity index (χ3v) is 5.61. The number of carbonyl (C=O) groups is 1. The summed E-state index contributed by atoms with van der Waals surface area (Å²) in [5.41, 5.74) is 2.83. The second kappa shape index (κ2) is 8.74. The Morgan fingerprint density at radius 2 is 2.07 bits per heavy atom. The molecule has 0 aromatic heterocycles. The number of allylic oxidation sites excluding steroid dienone is 1. The van der Waals surface area contributed by atoms with Crippen molar-refractivity contribution in [1.82, 2.24) is 10.2 Å². The average molecular weight is 389 g/mol. The van der Waals surface area contributed by atoms with Crippen molar-refractivity contribution >= 4 is 23.1 Å². The smallest absolute Gasteiger partial charge is 0.173 e. The zero-order chi connectivity index (χ0) is 19.4. The fourth-order valence-corrected chi connectivity index (χ4v) is 3.93. The number of nitrogens with zero attached hydrogens (tertiary/aromatic N) is 1. The highest BCUT2D eigenvalue weighted by atomic mass is 32.1. The molecule has 2 aliphatic rings. The number of Topliss-reactive ketones (excluding diaryl/α,β-unsaturated/α-hetero) is 1. The van der Waals surface area contributed by atoms with Gasteiger partial charge in [0.15, 0.2) is 22.4 Å². The van der Waals surface area contributed by atoms with Crippen LogP contribution < -0.4 is 14.8 Å². The Kier molecular flexibility index (Phi) is 6.37. The number of methoxy groups -OCH3 is 1. The maximum absolute atomic E-state index is 12.7. The second-order valence-electron chi connectivity index (χ2n) is 7.04. The van der Waals surface area contributed by atoms with Crippen LogP contribution in [0.2, 0.25) is 0 Å². The predicted molar refractivity (Wildman–Crippen MR) is 110 cm³/mol. The molecule has 0 amide bonds. The first-order valence-electron chi connectivity index (χ1n) is 9.68. The molecule has 1 heterocycles. The maximum atomic E-state index is 12.7. The predicted octanol–water partition coefficient (Wildman–Crippen LogP) is 4.13. The molecule has 1 aromatic rings. The summed E-state index contributed by atoms with van der Waals surface area (Å²) in [6.07, 6.45) is 5.68. The summed E-state index contributed by atoms with van der Waals surface area (Å²) in [4.78, 5) is 14.6. The van der Waals surface area contributed by atoms with E-state index in [4.69, 9.17) is 21.7 Å². The Hall–Kier alpha value is -2.08. The molecule has 0 radical (unpaired) electrons. The minimum absolute atomic E-state index is 0.196. The molecule has 0 saturated heterocycles. The van der Waals surface area contributed by atoms with E-state index in [9.17, 15) is 4.79 Å². The maximum Gasteiger partial charge on any atom is 0.173 e. The number of hydrogen-bond donors (Lipinski definition) is 1. The number of unbranched alkanes of at least 4 members (excludes halogenated alkanes) is 2. The molecule has 146 valence electrons. The molecule has 0 saturated carbocycles. The van der Waals surface area contributed by atoms with Crippen molar-refractivity contribution in [3.05, 3.63) is 35.0 Å². The zero-order valence-corrected chi connectivity index (χ0v) is 17.2. The largest absolute Gasteiger partial charge is 0.493 e. The van der Waals surface area contributed by atoms with Crippen molar-refractivity contribution in [2.45, 2.75) is 51.5 Å². The van der Waals surface area contributed by atoms with E-state index in [1.807, 2.05) is 30.1 Å². The highest BCUT2D eigenvalue weighted by molar-refractivity contribution is 7.80. The Bertz CT molecular complexity index is 760. The van der Waals surface area contributed by atoms with Gasteiger partial charge in [-0.3, -0.25) is 4.79 Å². The topological polar surface area (TPSA) is 50.8 Å². The Morgan fingerprint density at radius 3 is 2.81 bits per heavy atom. The summed E-state index contributed by atoms with van der Waals surface area (Å²) in [5, 5.41) is 3.97. The molecule has 1 N–H and O–H groups in total. The summed E-state index contributed by atoms with van der Waals surface area (Å²) in [5.74, 6) is 1.61. The van der Waals surface area contributed by atoms with Gasteiger partial charge in [0.25, 0.3) is 0 Å². The summed E-state index contributed by atoms with van der Waals surface area (Å²) in [6, 6.07) is 5.64. The molecular weight excluding hydrogens is 360 g/mol. The molecule has 0 fully saturated rings. The molecule has 5 nitrogen and oxygen atoms in total. The molecule has 27 heavy (non-hydrogen) atoms. The number of ether oxygens (including phenoxy) is 2. The minimum Gasteiger partial charge on any atom is -0.493 e. The number of ketones is 1. The molecule has 0 spiro atoms. The van der Waals surface area contributed by atoms with Crippen molar-refractivity contribution in [3.8, 4) is 11.5 Å². The number of thiocarbonyl (C=S) groups is 1. The van der Waals surface area contributed by atoms with Gasteiger partial charge in [-0.15, -0.1) is 0 Å². The first kappa shape index (κ1) is 19.7. The fourth-order valence-electron chi connectivity index (χ4n) is 3.70. The highest BCUT2D eigenvalue weighted by Crippen LogP contribution is 2.39. The van der Waals surface area contributed by atoms with Crippen LogP contribution in [0.5, 0.6) is 11.5 Å². The van der Waals surface area contributed by atoms with Crippen molar-refractivity contribution in [2.75, 3.05) is 20.8 Å². The average Bonchev–Trinajstić information content (AvgIpc) is 2.68. The van der Waals surface area contributed by atoms with Crippen LogP contribution in [0.15, 0.2) is 29.5 Å². The molecule has 1 aromatic carbocycles. The van der Waals surface area contributed by atoms with Crippen LogP contribution in [0.1, 0.15) is 57.1 Å². The third kappa shape index (κ3) is 4.10. The molecular formula is C21H28N2O3S. The van der Waals surface area contributed by atoms with Gasteiger partial charge in [0.1, 0.15) is 0 Å². The normalized spacial score (nSPS) is 19.7. The van der Waals surface area contributed by atoms with Crippen LogP contribution >= 0.6 is 12.2 Å². The SMILES string of the molecule is CCCCCOc1ccc(C2NC(=S)N(C)C3=C2C(=O)CCC3)cc1OC. The van der Waals surface area contributed by atoms with Crippen LogP contribution in [0.25, 0.3) is 0 Å². The van der Waals surface area contributed by atoms with Gasteiger partial charge in [0.05, 0.1) is 19.8 Å². The molecule has 6 heteroatoms. The van der Waals surface area contributed by atoms with E-state index in [1.54, 1.807) is 7.11 Å². The van der Waals surface area contributed by atoms with E-state index < -0.39 is 0 Å². The molecule has 3 rings (SSSR count). The van der Waals surface area contributed by atoms with E-state index in [2.05, 4.69) is 12.2 Å². The van der Waals surface area contributed by atoms with E-state index >= 15 is 0 Å². The van der Waals surface area contributed by atoms with Gasteiger partial charge in [-0.1, -0.05) is 25.8 Å². The standard InChI is InChI=1S/C21H28N2O3S/c1-4-5-6-12-26-17-11-10-14(13-18(17)25-3)20-19-15(8-7-9-16(19)24)23(2)21(27)22-20/h10-11,13,20H,4-9,12H2,1-3H3,(H,22,27). The Morgan fingerprint density at radius 1 is 1.26 bits per heavy atom. The first-order valence-corrected chi connectivity index (χ1v) is 10.1. The van der Waals surface area contributed by atoms with E-state index in [1.165, 1.54) is 0 Å². The molecule has 0 bridgehead atoms.